The number of hydrogen-bond acceptors (Lipinski definition) is 1. The molecule has 0 aromatic rings. The van der Waals surface area contributed by atoms with Crippen molar-refractivity contribution < 1.29 is 9.90 Å². The molecule has 0 heterocycles. The quantitative estimate of drug-likeness (QED) is 0.580. The summed E-state index contributed by atoms with van der Waals surface area (Å²) < 4.78 is 0. The molecule has 3 aliphatic rings. The largest absolute Gasteiger partial charge is 0.481 e. The molecule has 3 aliphatic carbocycles. The standard InChI is InChI=1S/C9H12O2/c10-9(11)8-5-6-1-3-7(8)4-2-6/h1,3,6-8H,2,4-5H2,(H,10,11)/t6-,7-,8-/m1/s1. The van der Waals surface area contributed by atoms with E-state index in [1.54, 1.807) is 0 Å². The van der Waals surface area contributed by atoms with Crippen LogP contribution >= 0.6 is 0 Å². The van der Waals surface area contributed by atoms with E-state index in [1.165, 1.54) is 6.42 Å². The molecule has 0 aromatic carbocycles. The number of allylic oxidation sites excluding steroid dienone is 2. The van der Waals surface area contributed by atoms with Gasteiger partial charge >= 0.3 is 5.97 Å². The fraction of sp³-hybridized carbons (Fsp3) is 0.667. The lowest BCUT2D eigenvalue weighted by Gasteiger charge is -2.35. The average Bonchev–Trinajstić information content (AvgIpc) is 2.06. The predicted molar refractivity (Wildman–Crippen MR) is 41.1 cm³/mol. The van der Waals surface area contributed by atoms with Gasteiger partial charge in [0.25, 0.3) is 0 Å². The van der Waals surface area contributed by atoms with E-state index in [9.17, 15) is 4.79 Å². The van der Waals surface area contributed by atoms with Crippen LogP contribution in [-0.4, -0.2) is 11.1 Å². The Hall–Kier alpha value is -0.790. The van der Waals surface area contributed by atoms with Gasteiger partial charge in [-0.25, -0.2) is 0 Å². The Bertz CT molecular complexity index is 208. The van der Waals surface area contributed by atoms with Crippen LogP contribution in [0.1, 0.15) is 19.3 Å². The predicted octanol–water partition coefficient (Wildman–Crippen LogP) is 1.67. The van der Waals surface area contributed by atoms with E-state index in [-0.39, 0.29) is 5.92 Å². The average molecular weight is 152 g/mol. The number of fused-ring (bicyclic) bond motifs is 2. The van der Waals surface area contributed by atoms with Gasteiger partial charge in [-0.3, -0.25) is 4.79 Å². The summed E-state index contributed by atoms with van der Waals surface area (Å²) >= 11 is 0. The first-order valence-electron chi connectivity index (χ1n) is 4.18. The summed E-state index contributed by atoms with van der Waals surface area (Å²) in [5.74, 6) is 0.196. The number of hydrogen-bond donors (Lipinski definition) is 1. The lowest BCUT2D eigenvalue weighted by molar-refractivity contribution is -0.144. The van der Waals surface area contributed by atoms with Crippen molar-refractivity contribution in [3.63, 3.8) is 0 Å². The van der Waals surface area contributed by atoms with Crippen molar-refractivity contribution in [2.24, 2.45) is 17.8 Å². The SMILES string of the molecule is O=C(O)[C@@H]1C[C@@H]2C=C[C@@H]1CC2. The van der Waals surface area contributed by atoms with Crippen LogP contribution in [0.2, 0.25) is 0 Å². The smallest absolute Gasteiger partial charge is 0.307 e. The molecular formula is C9H12O2. The third kappa shape index (κ3) is 1.06. The van der Waals surface area contributed by atoms with Crippen molar-refractivity contribution in [1.82, 2.24) is 0 Å². The van der Waals surface area contributed by atoms with Crippen molar-refractivity contribution in [2.75, 3.05) is 0 Å². The van der Waals surface area contributed by atoms with Gasteiger partial charge in [-0.05, 0) is 31.1 Å². The van der Waals surface area contributed by atoms with Gasteiger partial charge in [0.1, 0.15) is 0 Å². The van der Waals surface area contributed by atoms with Gasteiger partial charge in [0, 0.05) is 0 Å². The van der Waals surface area contributed by atoms with E-state index in [4.69, 9.17) is 5.11 Å². The maximum atomic E-state index is 10.7. The van der Waals surface area contributed by atoms with E-state index in [0.717, 1.165) is 12.8 Å². The second-order valence-electron chi connectivity index (χ2n) is 3.57. The number of rotatable bonds is 1. The lowest BCUT2D eigenvalue weighted by atomic mass is 9.69. The highest BCUT2D eigenvalue weighted by Gasteiger charge is 2.35. The summed E-state index contributed by atoms with van der Waals surface area (Å²) in [7, 11) is 0. The summed E-state index contributed by atoms with van der Waals surface area (Å²) in [5.41, 5.74) is 0. The van der Waals surface area contributed by atoms with Gasteiger partial charge in [0.2, 0.25) is 0 Å². The van der Waals surface area contributed by atoms with Crippen molar-refractivity contribution in [3.8, 4) is 0 Å². The summed E-state index contributed by atoms with van der Waals surface area (Å²) in [6, 6.07) is 0. The molecule has 3 atom stereocenters. The molecule has 3 rings (SSSR count). The molecule has 0 aromatic heterocycles. The number of carboxylic acids is 1. The van der Waals surface area contributed by atoms with Crippen LogP contribution in [0.25, 0.3) is 0 Å². The molecule has 2 bridgehead atoms. The minimum Gasteiger partial charge on any atom is -0.481 e. The second kappa shape index (κ2) is 2.36. The van der Waals surface area contributed by atoms with Crippen LogP contribution in [0.15, 0.2) is 12.2 Å². The number of carbonyl (C=O) groups is 1. The third-order valence-electron chi connectivity index (χ3n) is 2.89. The molecular weight excluding hydrogens is 140 g/mol. The zero-order valence-electron chi connectivity index (χ0n) is 6.36. The molecule has 60 valence electrons. The van der Waals surface area contributed by atoms with Crippen LogP contribution in [0, 0.1) is 17.8 Å². The van der Waals surface area contributed by atoms with E-state index in [1.807, 2.05) is 0 Å². The molecule has 0 saturated heterocycles. The van der Waals surface area contributed by atoms with Crippen LogP contribution in [-0.2, 0) is 4.79 Å². The summed E-state index contributed by atoms with van der Waals surface area (Å²) in [5, 5.41) is 8.83. The lowest BCUT2D eigenvalue weighted by Crippen LogP contribution is -2.32. The molecule has 1 N–H and O–H groups in total. The molecule has 0 radical (unpaired) electrons. The minimum atomic E-state index is -0.607. The number of aliphatic carboxylic acids is 1. The van der Waals surface area contributed by atoms with Gasteiger partial charge in [0.05, 0.1) is 5.92 Å². The molecule has 1 saturated carbocycles. The Morgan fingerprint density at radius 1 is 1.36 bits per heavy atom. The minimum absolute atomic E-state index is 0.0845. The molecule has 0 unspecified atom stereocenters. The Balaban J connectivity index is 2.17. The molecule has 2 heteroatoms. The normalized spacial score (nSPS) is 40.9. The molecule has 11 heavy (non-hydrogen) atoms. The van der Waals surface area contributed by atoms with Gasteiger partial charge in [-0.2, -0.15) is 0 Å². The van der Waals surface area contributed by atoms with Gasteiger partial charge in [-0.15, -0.1) is 0 Å². The van der Waals surface area contributed by atoms with Crippen molar-refractivity contribution in [2.45, 2.75) is 19.3 Å². The topological polar surface area (TPSA) is 37.3 Å². The first-order chi connectivity index (χ1) is 5.27. The van der Waals surface area contributed by atoms with Crippen molar-refractivity contribution >= 4 is 5.97 Å². The van der Waals surface area contributed by atoms with Crippen LogP contribution in [0.3, 0.4) is 0 Å². The highest BCUT2D eigenvalue weighted by molar-refractivity contribution is 5.71. The first kappa shape index (κ1) is 6.89. The highest BCUT2D eigenvalue weighted by atomic mass is 16.4. The van der Waals surface area contributed by atoms with Crippen LogP contribution in [0.5, 0.6) is 0 Å². The Kier molecular flexibility index (Phi) is 1.48. The van der Waals surface area contributed by atoms with Gasteiger partial charge in [-0.1, -0.05) is 12.2 Å². The summed E-state index contributed by atoms with van der Waals surface area (Å²) in [4.78, 5) is 10.7. The van der Waals surface area contributed by atoms with Crippen molar-refractivity contribution in [1.29, 1.82) is 0 Å². The monoisotopic (exact) mass is 152 g/mol. The number of carboxylic acid groups (broad SMARTS) is 1. The third-order valence-corrected chi connectivity index (χ3v) is 2.89. The zero-order valence-corrected chi connectivity index (χ0v) is 6.36. The maximum absolute atomic E-state index is 10.7. The zero-order chi connectivity index (χ0) is 7.84. The summed E-state index contributed by atoms with van der Waals surface area (Å²) in [6.07, 6.45) is 7.43. The summed E-state index contributed by atoms with van der Waals surface area (Å²) in [6.45, 7) is 0. The highest BCUT2D eigenvalue weighted by Crippen LogP contribution is 2.40. The van der Waals surface area contributed by atoms with Crippen LogP contribution < -0.4 is 0 Å². The maximum Gasteiger partial charge on any atom is 0.307 e. The molecule has 0 amide bonds. The van der Waals surface area contributed by atoms with E-state index in [2.05, 4.69) is 12.2 Å². The first-order valence-corrected chi connectivity index (χ1v) is 4.18. The second-order valence-corrected chi connectivity index (χ2v) is 3.57. The van der Waals surface area contributed by atoms with E-state index < -0.39 is 5.97 Å². The Morgan fingerprint density at radius 2 is 2.18 bits per heavy atom. The Labute approximate surface area is 65.9 Å². The molecule has 0 aliphatic heterocycles. The van der Waals surface area contributed by atoms with E-state index in [0.29, 0.717) is 11.8 Å². The van der Waals surface area contributed by atoms with Crippen LogP contribution in [0.4, 0.5) is 0 Å². The van der Waals surface area contributed by atoms with Gasteiger partial charge < -0.3 is 5.11 Å². The van der Waals surface area contributed by atoms with Crippen molar-refractivity contribution in [3.05, 3.63) is 12.2 Å². The fourth-order valence-corrected chi connectivity index (χ4v) is 2.22. The fourth-order valence-electron chi connectivity index (χ4n) is 2.22. The Morgan fingerprint density at radius 3 is 2.45 bits per heavy atom. The van der Waals surface area contributed by atoms with E-state index >= 15 is 0 Å². The molecule has 0 spiro atoms. The molecule has 2 nitrogen and oxygen atoms in total. The molecule has 1 fully saturated rings. The van der Waals surface area contributed by atoms with Gasteiger partial charge in [0.15, 0.2) is 0 Å².